The first-order chi connectivity index (χ1) is 12.6. The molecule has 27 heavy (non-hydrogen) atoms. The summed E-state index contributed by atoms with van der Waals surface area (Å²) in [6, 6.07) is 8.40. The average molecular weight is 416 g/mol. The number of benzene rings is 2. The van der Waals surface area contributed by atoms with Crippen LogP contribution in [-0.4, -0.2) is 24.5 Å². The van der Waals surface area contributed by atoms with Crippen LogP contribution in [0.3, 0.4) is 0 Å². The van der Waals surface area contributed by atoms with Crippen LogP contribution in [-0.2, 0) is 22.7 Å². The highest BCUT2D eigenvalue weighted by Gasteiger charge is 2.33. The van der Waals surface area contributed by atoms with E-state index in [1.54, 1.807) is 0 Å². The average Bonchev–Trinajstić information content (AvgIpc) is 3.08. The van der Waals surface area contributed by atoms with Crippen LogP contribution in [0.1, 0.15) is 21.1 Å². The van der Waals surface area contributed by atoms with Gasteiger partial charge in [0.2, 0.25) is 10.0 Å². The van der Waals surface area contributed by atoms with Crippen molar-refractivity contribution in [2.45, 2.75) is 17.6 Å². The maximum atomic E-state index is 12.6. The van der Waals surface area contributed by atoms with E-state index in [2.05, 4.69) is 9.71 Å². The minimum absolute atomic E-state index is 0.0441. The van der Waals surface area contributed by atoms with Gasteiger partial charge in [0.1, 0.15) is 5.01 Å². The fourth-order valence-electron chi connectivity index (χ4n) is 2.46. The molecule has 0 radical (unpaired) electrons. The molecule has 0 fully saturated rings. The Morgan fingerprint density at radius 1 is 1.15 bits per heavy atom. The van der Waals surface area contributed by atoms with Gasteiger partial charge >= 0.3 is 12.1 Å². The number of thiazole rings is 1. The summed E-state index contributed by atoms with van der Waals surface area (Å²) in [6.45, 7) is -0.419. The molecule has 3 aromatic rings. The summed E-state index contributed by atoms with van der Waals surface area (Å²) in [5, 5.41) is 10.4. The van der Waals surface area contributed by atoms with E-state index in [1.165, 1.54) is 36.4 Å². The lowest BCUT2D eigenvalue weighted by Gasteiger charge is -2.10. The number of sulfonamides is 1. The van der Waals surface area contributed by atoms with Gasteiger partial charge in [-0.1, -0.05) is 24.3 Å². The third-order valence-corrected chi connectivity index (χ3v) is 5.97. The summed E-state index contributed by atoms with van der Waals surface area (Å²) in [5.41, 5.74) is -1.14. The summed E-state index contributed by atoms with van der Waals surface area (Å²) in [4.78, 5) is 14.5. The molecule has 2 N–H and O–H groups in total. The lowest BCUT2D eigenvalue weighted by molar-refractivity contribution is -0.140. The van der Waals surface area contributed by atoms with Crippen LogP contribution >= 0.6 is 11.3 Å². The lowest BCUT2D eigenvalue weighted by atomic mass is 10.0. The number of rotatable bonds is 5. The number of carboxylic acids is 1. The first-order valence-electron chi connectivity index (χ1n) is 7.36. The first kappa shape index (κ1) is 19.3. The van der Waals surface area contributed by atoms with E-state index in [9.17, 15) is 31.5 Å². The minimum Gasteiger partial charge on any atom is -0.478 e. The SMILES string of the molecule is O=C(O)c1cccc2c(S(=O)(=O)NCc3nc(C(F)(F)F)cs3)cccc12. The molecule has 1 aromatic heterocycles. The van der Waals surface area contributed by atoms with Crippen LogP contribution in [0.5, 0.6) is 0 Å². The maximum Gasteiger partial charge on any atom is 0.434 e. The molecule has 0 atom stereocenters. The van der Waals surface area contributed by atoms with Crippen LogP contribution < -0.4 is 4.72 Å². The van der Waals surface area contributed by atoms with E-state index < -0.39 is 34.4 Å². The Kier molecular flexibility index (Phi) is 4.93. The summed E-state index contributed by atoms with van der Waals surface area (Å²) in [5.74, 6) is -1.20. The summed E-state index contributed by atoms with van der Waals surface area (Å²) < 4.78 is 65.1. The molecule has 0 bridgehead atoms. The molecule has 3 rings (SSSR count). The standard InChI is InChI=1S/C16H11F3N2O4S2/c17-16(18,19)13-8-26-14(21-13)7-20-27(24,25)12-6-2-3-9-10(12)4-1-5-11(9)15(22)23/h1-6,8,20H,7H2,(H,22,23). The quantitative estimate of drug-likeness (QED) is 0.664. The van der Waals surface area contributed by atoms with E-state index in [1.807, 2.05) is 0 Å². The second-order valence-electron chi connectivity index (χ2n) is 5.41. The Hall–Kier alpha value is -2.50. The zero-order valence-electron chi connectivity index (χ0n) is 13.3. The van der Waals surface area contributed by atoms with E-state index >= 15 is 0 Å². The number of carboxylic acid groups (broad SMARTS) is 1. The van der Waals surface area contributed by atoms with E-state index in [0.717, 1.165) is 5.38 Å². The van der Waals surface area contributed by atoms with Crippen molar-refractivity contribution < 1.29 is 31.5 Å². The number of alkyl halides is 3. The van der Waals surface area contributed by atoms with Crippen LogP contribution in [0.2, 0.25) is 0 Å². The molecule has 0 saturated carbocycles. The van der Waals surface area contributed by atoms with Crippen molar-refractivity contribution in [1.29, 1.82) is 0 Å². The maximum absolute atomic E-state index is 12.6. The molecule has 6 nitrogen and oxygen atoms in total. The summed E-state index contributed by atoms with van der Waals surface area (Å²) in [6.07, 6.45) is -4.60. The highest BCUT2D eigenvalue weighted by Crippen LogP contribution is 2.30. The molecule has 0 spiro atoms. The van der Waals surface area contributed by atoms with Gasteiger partial charge in [-0.15, -0.1) is 11.3 Å². The summed E-state index contributed by atoms with van der Waals surface area (Å²) >= 11 is 0.687. The third-order valence-electron chi connectivity index (χ3n) is 3.66. The van der Waals surface area contributed by atoms with Crippen LogP contribution in [0.4, 0.5) is 13.2 Å². The molecule has 0 aliphatic heterocycles. The second kappa shape index (κ2) is 6.91. The van der Waals surface area contributed by atoms with Gasteiger partial charge < -0.3 is 5.11 Å². The number of hydrogen-bond donors (Lipinski definition) is 2. The highest BCUT2D eigenvalue weighted by atomic mass is 32.2. The number of aromatic nitrogens is 1. The van der Waals surface area contributed by atoms with Gasteiger partial charge in [-0.25, -0.2) is 22.9 Å². The molecule has 0 unspecified atom stereocenters. The van der Waals surface area contributed by atoms with Crippen LogP contribution in [0.15, 0.2) is 46.7 Å². The largest absolute Gasteiger partial charge is 0.478 e. The molecule has 1 heterocycles. The van der Waals surface area contributed by atoms with Crippen molar-refractivity contribution in [3.05, 3.63) is 58.0 Å². The molecule has 11 heteroatoms. The van der Waals surface area contributed by atoms with Crippen molar-refractivity contribution in [1.82, 2.24) is 9.71 Å². The van der Waals surface area contributed by atoms with E-state index in [4.69, 9.17) is 0 Å². The van der Waals surface area contributed by atoms with Crippen molar-refractivity contribution in [3.63, 3.8) is 0 Å². The topological polar surface area (TPSA) is 96.4 Å². The molecule has 142 valence electrons. The van der Waals surface area contributed by atoms with Crippen LogP contribution in [0.25, 0.3) is 10.8 Å². The van der Waals surface area contributed by atoms with Crippen LogP contribution in [0, 0.1) is 0 Å². The number of nitrogens with zero attached hydrogens (tertiary/aromatic N) is 1. The number of hydrogen-bond acceptors (Lipinski definition) is 5. The Balaban J connectivity index is 1.93. The molecular weight excluding hydrogens is 405 g/mol. The fourth-order valence-corrected chi connectivity index (χ4v) is 4.50. The Morgan fingerprint density at radius 3 is 2.44 bits per heavy atom. The number of halogens is 3. The van der Waals surface area contributed by atoms with Gasteiger partial charge in [0.05, 0.1) is 17.0 Å². The van der Waals surface area contributed by atoms with Crippen molar-refractivity contribution in [2.75, 3.05) is 0 Å². The highest BCUT2D eigenvalue weighted by molar-refractivity contribution is 7.89. The fraction of sp³-hybridized carbons (Fsp3) is 0.125. The predicted molar refractivity (Wildman–Crippen MR) is 92.0 cm³/mol. The minimum atomic E-state index is -4.60. The van der Waals surface area contributed by atoms with Gasteiger partial charge in [0.15, 0.2) is 5.69 Å². The molecule has 0 amide bonds. The molecule has 2 aromatic carbocycles. The predicted octanol–water partition coefficient (Wildman–Crippen LogP) is 3.49. The van der Waals surface area contributed by atoms with Gasteiger partial charge in [-0.05, 0) is 17.5 Å². The number of aromatic carboxylic acids is 1. The molecule has 0 aliphatic carbocycles. The monoisotopic (exact) mass is 416 g/mol. The van der Waals surface area contributed by atoms with Gasteiger partial charge in [-0.3, -0.25) is 0 Å². The van der Waals surface area contributed by atoms with Gasteiger partial charge in [0, 0.05) is 10.8 Å². The van der Waals surface area contributed by atoms with Crippen molar-refractivity contribution >= 4 is 38.1 Å². The zero-order valence-corrected chi connectivity index (χ0v) is 15.0. The molecule has 0 saturated heterocycles. The molecule has 0 aliphatic rings. The third kappa shape index (κ3) is 3.94. The van der Waals surface area contributed by atoms with E-state index in [-0.39, 0.29) is 26.2 Å². The van der Waals surface area contributed by atoms with Gasteiger partial charge in [-0.2, -0.15) is 13.2 Å². The van der Waals surface area contributed by atoms with Crippen molar-refractivity contribution in [3.8, 4) is 0 Å². The van der Waals surface area contributed by atoms with Crippen molar-refractivity contribution in [2.24, 2.45) is 0 Å². The smallest absolute Gasteiger partial charge is 0.434 e. The van der Waals surface area contributed by atoms with Gasteiger partial charge in [0.25, 0.3) is 0 Å². The lowest BCUT2D eigenvalue weighted by Crippen LogP contribution is -2.23. The first-order valence-corrected chi connectivity index (χ1v) is 9.72. The Labute approximate surface area is 155 Å². The molecular formula is C16H11F3N2O4S2. The van der Waals surface area contributed by atoms with E-state index in [0.29, 0.717) is 11.3 Å². The Bertz CT molecular complexity index is 1120. The Morgan fingerprint density at radius 2 is 1.81 bits per heavy atom. The summed E-state index contributed by atoms with van der Waals surface area (Å²) in [7, 11) is -4.11. The second-order valence-corrected chi connectivity index (χ2v) is 8.09. The number of fused-ring (bicyclic) bond motifs is 1. The number of carbonyl (C=O) groups is 1. The normalized spacial score (nSPS) is 12.4. The zero-order chi connectivity index (χ0) is 19.8. The number of nitrogens with one attached hydrogen (secondary N) is 1.